The van der Waals surface area contributed by atoms with Crippen molar-refractivity contribution in [2.45, 2.75) is 6.92 Å². The highest BCUT2D eigenvalue weighted by molar-refractivity contribution is 6.32. The first-order valence-corrected chi connectivity index (χ1v) is 8.78. The Morgan fingerprint density at radius 1 is 1.33 bits per heavy atom. The van der Waals surface area contributed by atoms with Crippen LogP contribution in [-0.2, 0) is 4.79 Å². The molecule has 0 saturated heterocycles. The molecular formula is C20H14ClN3O6. The van der Waals surface area contributed by atoms with Gasteiger partial charge in [-0.25, -0.2) is 4.79 Å². The van der Waals surface area contributed by atoms with Crippen LogP contribution in [0.4, 0.5) is 5.82 Å². The molecule has 9 nitrogen and oxygen atoms in total. The molecule has 0 saturated carbocycles. The van der Waals surface area contributed by atoms with Gasteiger partial charge in [0.15, 0.2) is 17.3 Å². The molecule has 10 heteroatoms. The maximum atomic E-state index is 12.3. The molecule has 0 aliphatic carbocycles. The van der Waals surface area contributed by atoms with E-state index < -0.39 is 11.9 Å². The van der Waals surface area contributed by atoms with E-state index in [1.165, 1.54) is 49.8 Å². The molecule has 0 fully saturated rings. The quantitative estimate of drug-likeness (QED) is 0.270. The first kappa shape index (κ1) is 20.7. The average Bonchev–Trinajstić information content (AvgIpc) is 3.39. The van der Waals surface area contributed by atoms with E-state index in [9.17, 15) is 14.9 Å². The monoisotopic (exact) mass is 427 g/mol. The minimum Gasteiger partial charge on any atom is -0.493 e. The Morgan fingerprint density at radius 2 is 2.13 bits per heavy atom. The molecular weight excluding hydrogens is 414 g/mol. The number of benzene rings is 1. The number of aromatic nitrogens is 1. The smallest absolute Gasteiger partial charge is 0.379 e. The van der Waals surface area contributed by atoms with Crippen LogP contribution in [0.15, 0.2) is 51.1 Å². The minimum absolute atomic E-state index is 0.0105. The normalized spacial score (nSPS) is 10.9. The SMILES string of the molecule is COc1cc(C=C(C#N)C(=O)Nc2cc(C)on2)cc(Cl)c1OC(=O)c1ccco1. The van der Waals surface area contributed by atoms with Gasteiger partial charge in [-0.3, -0.25) is 4.79 Å². The van der Waals surface area contributed by atoms with Crippen LogP contribution in [0, 0.1) is 18.3 Å². The highest BCUT2D eigenvalue weighted by atomic mass is 35.5. The fourth-order valence-corrected chi connectivity index (χ4v) is 2.64. The van der Waals surface area contributed by atoms with Gasteiger partial charge in [0, 0.05) is 6.07 Å². The number of rotatable bonds is 6. The Balaban J connectivity index is 1.86. The van der Waals surface area contributed by atoms with E-state index >= 15 is 0 Å². The lowest BCUT2D eigenvalue weighted by atomic mass is 10.1. The van der Waals surface area contributed by atoms with Crippen LogP contribution in [0.1, 0.15) is 21.9 Å². The van der Waals surface area contributed by atoms with E-state index in [2.05, 4.69) is 10.5 Å². The van der Waals surface area contributed by atoms with Gasteiger partial charge in [0.25, 0.3) is 5.91 Å². The molecule has 0 aliphatic heterocycles. The van der Waals surface area contributed by atoms with E-state index in [-0.39, 0.29) is 33.7 Å². The number of hydrogen-bond donors (Lipinski definition) is 1. The van der Waals surface area contributed by atoms with Crippen molar-refractivity contribution in [3.8, 4) is 17.6 Å². The molecule has 2 heterocycles. The summed E-state index contributed by atoms with van der Waals surface area (Å²) in [7, 11) is 1.36. The second-order valence-electron chi connectivity index (χ2n) is 5.85. The summed E-state index contributed by atoms with van der Waals surface area (Å²) >= 11 is 6.23. The summed E-state index contributed by atoms with van der Waals surface area (Å²) in [5, 5.41) is 15.5. The van der Waals surface area contributed by atoms with Gasteiger partial charge < -0.3 is 23.7 Å². The fourth-order valence-electron chi connectivity index (χ4n) is 2.38. The molecule has 30 heavy (non-hydrogen) atoms. The number of nitrogens with zero attached hydrogens (tertiary/aromatic N) is 2. The highest BCUT2D eigenvalue weighted by Gasteiger charge is 2.19. The molecule has 0 radical (unpaired) electrons. The fraction of sp³-hybridized carbons (Fsp3) is 0.100. The van der Waals surface area contributed by atoms with Crippen LogP contribution in [0.3, 0.4) is 0 Å². The van der Waals surface area contributed by atoms with E-state index in [1.54, 1.807) is 6.92 Å². The van der Waals surface area contributed by atoms with Crippen LogP contribution in [0.5, 0.6) is 11.5 Å². The third kappa shape index (κ3) is 4.68. The number of anilines is 1. The Kier molecular flexibility index (Phi) is 6.20. The summed E-state index contributed by atoms with van der Waals surface area (Å²) in [4.78, 5) is 24.4. The number of esters is 1. The van der Waals surface area contributed by atoms with Crippen LogP contribution in [0.2, 0.25) is 5.02 Å². The molecule has 0 spiro atoms. The molecule has 0 atom stereocenters. The van der Waals surface area contributed by atoms with Crippen molar-refractivity contribution in [2.24, 2.45) is 0 Å². The first-order valence-electron chi connectivity index (χ1n) is 8.41. The zero-order valence-electron chi connectivity index (χ0n) is 15.8. The van der Waals surface area contributed by atoms with Crippen molar-refractivity contribution < 1.29 is 28.0 Å². The summed E-state index contributed by atoms with van der Waals surface area (Å²) in [6.45, 7) is 1.66. The highest BCUT2D eigenvalue weighted by Crippen LogP contribution is 2.37. The number of carbonyl (C=O) groups is 2. The maximum absolute atomic E-state index is 12.3. The number of aryl methyl sites for hydroxylation is 1. The van der Waals surface area contributed by atoms with Gasteiger partial charge in [0.05, 0.1) is 18.4 Å². The van der Waals surface area contributed by atoms with E-state index in [0.29, 0.717) is 11.3 Å². The van der Waals surface area contributed by atoms with Crippen LogP contribution >= 0.6 is 11.6 Å². The molecule has 0 unspecified atom stereocenters. The lowest BCUT2D eigenvalue weighted by molar-refractivity contribution is -0.112. The average molecular weight is 428 g/mol. The van der Waals surface area contributed by atoms with Crippen molar-refractivity contribution in [3.05, 3.63) is 64.3 Å². The summed E-state index contributed by atoms with van der Waals surface area (Å²) in [6, 6.07) is 9.17. The predicted octanol–water partition coefficient (Wildman–Crippen LogP) is 4.00. The standard InChI is InChI=1S/C20H14ClN3O6/c1-11-6-17(24-30-11)23-19(25)13(10-22)7-12-8-14(21)18(16(9-12)27-2)29-20(26)15-4-3-5-28-15/h3-9H,1-2H3,(H,23,24,25). The number of nitrogens with one attached hydrogen (secondary N) is 1. The van der Waals surface area contributed by atoms with Crippen molar-refractivity contribution in [1.29, 1.82) is 5.26 Å². The second kappa shape index (κ2) is 8.98. The molecule has 1 N–H and O–H groups in total. The summed E-state index contributed by atoms with van der Waals surface area (Å²) < 4.78 is 20.3. The second-order valence-corrected chi connectivity index (χ2v) is 6.25. The van der Waals surface area contributed by atoms with Gasteiger partial charge in [0.1, 0.15) is 17.4 Å². The van der Waals surface area contributed by atoms with Crippen molar-refractivity contribution in [3.63, 3.8) is 0 Å². The number of furan rings is 1. The zero-order chi connectivity index (χ0) is 21.7. The first-order chi connectivity index (χ1) is 14.4. The molecule has 1 amide bonds. The third-order valence-electron chi connectivity index (χ3n) is 3.71. The van der Waals surface area contributed by atoms with Crippen LogP contribution < -0.4 is 14.8 Å². The van der Waals surface area contributed by atoms with Crippen molar-refractivity contribution in [1.82, 2.24) is 5.16 Å². The van der Waals surface area contributed by atoms with Gasteiger partial charge >= 0.3 is 5.97 Å². The van der Waals surface area contributed by atoms with Gasteiger partial charge in [-0.1, -0.05) is 16.8 Å². The Labute approximate surface area is 175 Å². The van der Waals surface area contributed by atoms with Gasteiger partial charge in [-0.05, 0) is 42.8 Å². The van der Waals surface area contributed by atoms with E-state index in [0.717, 1.165) is 0 Å². The number of carbonyl (C=O) groups excluding carboxylic acids is 2. The number of amides is 1. The molecule has 152 valence electrons. The number of ether oxygens (including phenoxy) is 2. The minimum atomic E-state index is -0.761. The maximum Gasteiger partial charge on any atom is 0.379 e. The van der Waals surface area contributed by atoms with Crippen molar-refractivity contribution in [2.75, 3.05) is 12.4 Å². The summed E-state index contributed by atoms with van der Waals surface area (Å²) in [5.41, 5.74) is 0.159. The van der Waals surface area contributed by atoms with Gasteiger partial charge in [-0.15, -0.1) is 0 Å². The Morgan fingerprint density at radius 3 is 2.73 bits per heavy atom. The van der Waals surface area contributed by atoms with Crippen LogP contribution in [0.25, 0.3) is 6.08 Å². The Hall–Kier alpha value is -4.03. The van der Waals surface area contributed by atoms with Crippen LogP contribution in [-0.4, -0.2) is 24.1 Å². The third-order valence-corrected chi connectivity index (χ3v) is 4.00. The molecule has 0 bridgehead atoms. The van der Waals surface area contributed by atoms with E-state index in [4.69, 9.17) is 30.0 Å². The molecule has 0 aliphatic rings. The summed E-state index contributed by atoms with van der Waals surface area (Å²) in [5.74, 6) is -0.683. The molecule has 2 aromatic heterocycles. The number of methoxy groups -OCH3 is 1. The zero-order valence-corrected chi connectivity index (χ0v) is 16.5. The lowest BCUT2D eigenvalue weighted by Gasteiger charge is -2.11. The topological polar surface area (TPSA) is 128 Å². The largest absolute Gasteiger partial charge is 0.493 e. The predicted molar refractivity (Wildman–Crippen MR) is 105 cm³/mol. The number of halogens is 1. The van der Waals surface area contributed by atoms with Gasteiger partial charge in [-0.2, -0.15) is 5.26 Å². The van der Waals surface area contributed by atoms with Crippen molar-refractivity contribution >= 4 is 35.4 Å². The molecule has 3 aromatic rings. The Bertz CT molecular complexity index is 1160. The number of hydrogen-bond acceptors (Lipinski definition) is 8. The lowest BCUT2D eigenvalue weighted by Crippen LogP contribution is -2.13. The summed E-state index contributed by atoms with van der Waals surface area (Å²) in [6.07, 6.45) is 2.63. The number of nitriles is 1. The molecule has 1 aromatic carbocycles. The molecule has 3 rings (SSSR count). The van der Waals surface area contributed by atoms with Gasteiger partial charge in [0.2, 0.25) is 5.76 Å². The van der Waals surface area contributed by atoms with E-state index in [1.807, 2.05) is 6.07 Å².